The number of amides is 2. The highest BCUT2D eigenvalue weighted by Crippen LogP contribution is 2.65. The van der Waals surface area contributed by atoms with Crippen molar-refractivity contribution in [2.24, 2.45) is 35.5 Å². The molecular weight excluding hydrogens is 294 g/mol. The Morgan fingerprint density at radius 3 is 1.96 bits per heavy atom. The fourth-order valence-electron chi connectivity index (χ4n) is 4.96. The minimum absolute atomic E-state index is 0.118. The highest BCUT2D eigenvalue weighted by atomic mass is 16.4. The fourth-order valence-corrected chi connectivity index (χ4v) is 4.96. The van der Waals surface area contributed by atoms with Crippen LogP contribution in [0.25, 0.3) is 0 Å². The predicted octanol–water partition coefficient (Wildman–Crippen LogP) is 1.94. The van der Waals surface area contributed by atoms with Gasteiger partial charge in [-0.3, -0.25) is 14.5 Å². The molecule has 1 aliphatic heterocycles. The van der Waals surface area contributed by atoms with Crippen LogP contribution < -0.4 is 4.90 Å². The highest BCUT2D eigenvalue weighted by molar-refractivity contribution is 6.22. The topological polar surface area (TPSA) is 74.7 Å². The Balaban J connectivity index is 1.53. The van der Waals surface area contributed by atoms with Gasteiger partial charge in [0.1, 0.15) is 0 Å². The number of imide groups is 1. The second-order valence-corrected chi connectivity index (χ2v) is 7.02. The molecule has 3 fully saturated rings. The van der Waals surface area contributed by atoms with Crippen LogP contribution >= 0.6 is 0 Å². The predicted molar refractivity (Wildman–Crippen MR) is 80.6 cm³/mol. The monoisotopic (exact) mass is 309 g/mol. The number of hydrogen-bond acceptors (Lipinski definition) is 3. The van der Waals surface area contributed by atoms with Crippen LogP contribution in [0.5, 0.6) is 0 Å². The Hall–Kier alpha value is -2.43. The first-order chi connectivity index (χ1) is 11.1. The van der Waals surface area contributed by atoms with E-state index in [9.17, 15) is 14.4 Å². The fraction of sp³-hybridized carbons (Fsp3) is 0.389. The van der Waals surface area contributed by atoms with Crippen LogP contribution in [0, 0.1) is 35.5 Å². The van der Waals surface area contributed by atoms with Crippen molar-refractivity contribution in [3.05, 3.63) is 42.0 Å². The molecule has 1 aromatic rings. The lowest BCUT2D eigenvalue weighted by Gasteiger charge is -2.37. The lowest BCUT2D eigenvalue weighted by Crippen LogP contribution is -2.40. The summed E-state index contributed by atoms with van der Waals surface area (Å²) in [4.78, 5) is 38.0. The van der Waals surface area contributed by atoms with Crippen molar-refractivity contribution >= 4 is 23.5 Å². The molecule has 116 valence electrons. The Morgan fingerprint density at radius 2 is 1.48 bits per heavy atom. The van der Waals surface area contributed by atoms with Crippen LogP contribution in [0.3, 0.4) is 0 Å². The van der Waals surface area contributed by atoms with Gasteiger partial charge in [-0.05, 0) is 54.4 Å². The quantitative estimate of drug-likeness (QED) is 0.669. The second kappa shape index (κ2) is 4.10. The first-order valence-corrected chi connectivity index (χ1v) is 7.97. The van der Waals surface area contributed by atoms with Gasteiger partial charge in [0.25, 0.3) is 0 Å². The van der Waals surface area contributed by atoms with E-state index in [0.29, 0.717) is 17.5 Å². The minimum Gasteiger partial charge on any atom is -0.478 e. The third kappa shape index (κ3) is 1.54. The van der Waals surface area contributed by atoms with Gasteiger partial charge < -0.3 is 5.11 Å². The van der Waals surface area contributed by atoms with E-state index in [1.165, 1.54) is 17.0 Å². The number of carbonyl (C=O) groups excluding carboxylic acids is 2. The summed E-state index contributed by atoms with van der Waals surface area (Å²) in [5, 5.41) is 8.97. The van der Waals surface area contributed by atoms with Crippen molar-refractivity contribution in [1.29, 1.82) is 0 Å². The molecule has 23 heavy (non-hydrogen) atoms. The van der Waals surface area contributed by atoms with Gasteiger partial charge in [-0.15, -0.1) is 0 Å². The molecule has 1 heterocycles. The largest absolute Gasteiger partial charge is 0.478 e. The molecule has 6 rings (SSSR count). The molecule has 6 atom stereocenters. The van der Waals surface area contributed by atoms with Gasteiger partial charge in [0.05, 0.1) is 23.1 Å². The molecule has 0 spiro atoms. The number of nitrogens with zero attached hydrogens (tertiary/aromatic N) is 1. The van der Waals surface area contributed by atoms with Gasteiger partial charge in [-0.2, -0.15) is 0 Å². The first kappa shape index (κ1) is 13.0. The summed E-state index contributed by atoms with van der Waals surface area (Å²) in [5.74, 6) is -0.132. The van der Waals surface area contributed by atoms with E-state index in [2.05, 4.69) is 12.2 Å². The second-order valence-electron chi connectivity index (χ2n) is 7.02. The Morgan fingerprint density at radius 1 is 0.957 bits per heavy atom. The third-order valence-electron chi connectivity index (χ3n) is 6.04. The van der Waals surface area contributed by atoms with Crippen LogP contribution in [0.4, 0.5) is 5.69 Å². The van der Waals surface area contributed by atoms with Gasteiger partial charge in [-0.1, -0.05) is 12.2 Å². The van der Waals surface area contributed by atoms with Crippen LogP contribution in [0.2, 0.25) is 0 Å². The lowest BCUT2D eigenvalue weighted by atomic mass is 9.63. The average Bonchev–Trinajstić information content (AvgIpc) is 3.32. The molecule has 1 N–H and O–H groups in total. The summed E-state index contributed by atoms with van der Waals surface area (Å²) in [6, 6.07) is 5.97. The lowest BCUT2D eigenvalue weighted by molar-refractivity contribution is -0.124. The van der Waals surface area contributed by atoms with E-state index >= 15 is 0 Å². The summed E-state index contributed by atoms with van der Waals surface area (Å²) in [7, 11) is 0. The number of carbonyl (C=O) groups is 3. The number of carboxylic acid groups (broad SMARTS) is 1. The average molecular weight is 309 g/mol. The minimum atomic E-state index is -1.02. The number of allylic oxidation sites excluding steroid dienone is 2. The van der Waals surface area contributed by atoms with Crippen molar-refractivity contribution in [2.45, 2.75) is 6.42 Å². The molecule has 0 aromatic heterocycles. The van der Waals surface area contributed by atoms with E-state index in [1.54, 1.807) is 12.1 Å². The van der Waals surface area contributed by atoms with E-state index in [4.69, 9.17) is 5.11 Å². The molecule has 1 aromatic carbocycles. The molecule has 1 saturated heterocycles. The summed E-state index contributed by atoms with van der Waals surface area (Å²) >= 11 is 0. The number of benzene rings is 1. The zero-order valence-electron chi connectivity index (χ0n) is 12.3. The van der Waals surface area contributed by atoms with Crippen LogP contribution in [0.1, 0.15) is 16.8 Å². The van der Waals surface area contributed by atoms with Gasteiger partial charge >= 0.3 is 5.97 Å². The van der Waals surface area contributed by atoms with E-state index in [-0.39, 0.29) is 41.0 Å². The van der Waals surface area contributed by atoms with E-state index in [1.807, 2.05) is 0 Å². The number of aromatic carboxylic acids is 1. The van der Waals surface area contributed by atoms with Crippen molar-refractivity contribution in [3.8, 4) is 0 Å². The van der Waals surface area contributed by atoms with Crippen LogP contribution in [-0.2, 0) is 9.59 Å². The molecule has 4 aliphatic carbocycles. The molecule has 5 heteroatoms. The third-order valence-corrected chi connectivity index (χ3v) is 6.04. The van der Waals surface area contributed by atoms with Crippen molar-refractivity contribution in [1.82, 2.24) is 0 Å². The smallest absolute Gasteiger partial charge is 0.335 e. The number of anilines is 1. The molecular formula is C18H15NO4. The Labute approximate surface area is 132 Å². The Kier molecular flexibility index (Phi) is 2.33. The van der Waals surface area contributed by atoms with Crippen molar-refractivity contribution < 1.29 is 19.5 Å². The Bertz CT molecular complexity index is 745. The van der Waals surface area contributed by atoms with Crippen molar-refractivity contribution in [3.63, 3.8) is 0 Å². The van der Waals surface area contributed by atoms with Crippen LogP contribution in [0.15, 0.2) is 36.4 Å². The highest BCUT2D eigenvalue weighted by Gasteiger charge is 2.67. The van der Waals surface area contributed by atoms with Gasteiger partial charge in [0.15, 0.2) is 0 Å². The van der Waals surface area contributed by atoms with E-state index < -0.39 is 5.97 Å². The SMILES string of the molecule is O=C(O)c1ccc(N2C(=O)[C@@H]3[C@@H]4C=C[C@H]([C@H]5C[C@@H]45)[C@@H]3C2=O)cc1. The molecule has 2 amide bonds. The normalized spacial score (nSPS) is 39.4. The van der Waals surface area contributed by atoms with Gasteiger partial charge in [0, 0.05) is 0 Å². The molecule has 0 unspecified atom stereocenters. The maximum absolute atomic E-state index is 12.9. The summed E-state index contributed by atoms with van der Waals surface area (Å²) in [6.07, 6.45) is 5.42. The summed E-state index contributed by atoms with van der Waals surface area (Å²) < 4.78 is 0. The number of rotatable bonds is 2. The standard InChI is InChI=1S/C18H15NO4/c20-16-14-10-5-6-11(13-7-12(10)13)15(14)17(21)19(16)9-3-1-8(2-4-9)18(22)23/h1-6,10-15H,7H2,(H,22,23)/t10-,11-,12-,13+,14+,15-/m1/s1. The molecule has 5 aliphatic rings. The maximum Gasteiger partial charge on any atom is 0.335 e. The zero-order valence-corrected chi connectivity index (χ0v) is 12.3. The number of carboxylic acids is 1. The van der Waals surface area contributed by atoms with E-state index in [0.717, 1.165) is 6.42 Å². The zero-order chi connectivity index (χ0) is 15.9. The van der Waals surface area contributed by atoms with Gasteiger partial charge in [-0.25, -0.2) is 4.79 Å². The molecule has 2 saturated carbocycles. The van der Waals surface area contributed by atoms with Crippen molar-refractivity contribution in [2.75, 3.05) is 4.90 Å². The molecule has 2 bridgehead atoms. The number of hydrogen-bond donors (Lipinski definition) is 1. The van der Waals surface area contributed by atoms with Crippen LogP contribution in [-0.4, -0.2) is 22.9 Å². The summed E-state index contributed by atoms with van der Waals surface area (Å²) in [6.45, 7) is 0. The molecule has 5 nitrogen and oxygen atoms in total. The first-order valence-electron chi connectivity index (χ1n) is 7.97. The summed E-state index contributed by atoms with van der Waals surface area (Å²) in [5.41, 5.74) is 0.626. The van der Waals surface area contributed by atoms with Gasteiger partial charge in [0.2, 0.25) is 11.8 Å². The maximum atomic E-state index is 12.9. The molecule has 0 radical (unpaired) electrons.